The van der Waals surface area contributed by atoms with Crippen LogP contribution in [0.4, 0.5) is 0 Å². The maximum atomic E-state index is 6.78. The second kappa shape index (κ2) is 10.7. The lowest BCUT2D eigenvalue weighted by molar-refractivity contribution is 0.278. The number of nitrogens with zero attached hydrogens (tertiary/aromatic N) is 1. The molecule has 11 heteroatoms. The highest BCUT2D eigenvalue weighted by molar-refractivity contribution is 6.90. The van der Waals surface area contributed by atoms with Gasteiger partial charge in [0.1, 0.15) is 5.75 Å². The van der Waals surface area contributed by atoms with Gasteiger partial charge in [0, 0.05) is 12.4 Å². The maximum absolute atomic E-state index is 6.78. The smallest absolute Gasteiger partial charge is 0.317 e. The molecular formula is C19H43NO5Si5. The Labute approximate surface area is 189 Å². The van der Waals surface area contributed by atoms with Crippen molar-refractivity contribution in [2.75, 3.05) is 6.61 Å². The molecule has 1 aromatic rings. The van der Waals surface area contributed by atoms with E-state index < -0.39 is 42.3 Å². The largest absolute Gasteiger partial charge is 0.493 e. The molecule has 0 N–H and O–H groups in total. The molecule has 0 bridgehead atoms. The van der Waals surface area contributed by atoms with Gasteiger partial charge < -0.3 is 21.2 Å². The highest BCUT2D eigenvalue weighted by Gasteiger charge is 2.46. The molecule has 0 unspecified atom stereocenters. The van der Waals surface area contributed by atoms with Crippen molar-refractivity contribution in [1.82, 2.24) is 4.98 Å². The molecule has 0 saturated carbocycles. The molecule has 0 fully saturated rings. The van der Waals surface area contributed by atoms with Gasteiger partial charge in [-0.3, -0.25) is 4.98 Å². The minimum Gasteiger partial charge on any atom is -0.493 e. The number of pyridine rings is 1. The Balaban J connectivity index is 2.88. The highest BCUT2D eigenvalue weighted by atomic mass is 28.5. The van der Waals surface area contributed by atoms with Crippen LogP contribution in [0.1, 0.15) is 6.42 Å². The second-order valence-electron chi connectivity index (χ2n) is 10.7. The summed E-state index contributed by atoms with van der Waals surface area (Å²) in [5.74, 6) is 0.837. The first kappa shape index (κ1) is 27.9. The van der Waals surface area contributed by atoms with Gasteiger partial charge in [0.15, 0.2) is 16.6 Å². The maximum Gasteiger partial charge on any atom is 0.317 e. The molecule has 0 radical (unpaired) electrons. The third-order valence-electron chi connectivity index (χ3n) is 3.72. The molecule has 0 atom stereocenters. The van der Waals surface area contributed by atoms with Crippen molar-refractivity contribution in [3.63, 3.8) is 0 Å². The third-order valence-corrected chi connectivity index (χ3v) is 21.2. The van der Waals surface area contributed by atoms with Gasteiger partial charge in [-0.1, -0.05) is 0 Å². The van der Waals surface area contributed by atoms with Crippen molar-refractivity contribution in [1.29, 1.82) is 0 Å². The molecule has 174 valence electrons. The quantitative estimate of drug-likeness (QED) is 0.240. The first-order valence-corrected chi connectivity index (χ1v) is 25.7. The molecule has 30 heavy (non-hydrogen) atoms. The molecule has 1 rings (SSSR count). The summed E-state index contributed by atoms with van der Waals surface area (Å²) in [7, 11) is -10.6. The molecule has 0 aliphatic heterocycles. The van der Waals surface area contributed by atoms with Crippen LogP contribution in [-0.2, 0) is 16.5 Å². The standard InChI is InChI=1S/C19H43NO5Si5/c1-26(2,3)22-28(7,8)24-30(11,25-29(9,10)23-27(4,5)6)18-12-17-21-19-13-15-20-16-14-19/h13-16H,12,17-18H2,1-11H3. The van der Waals surface area contributed by atoms with Crippen molar-refractivity contribution in [3.05, 3.63) is 24.5 Å². The summed E-state index contributed by atoms with van der Waals surface area (Å²) in [6.45, 7) is 24.6. The van der Waals surface area contributed by atoms with Crippen LogP contribution in [0.25, 0.3) is 0 Å². The predicted octanol–water partition coefficient (Wildman–Crippen LogP) is 6.06. The van der Waals surface area contributed by atoms with E-state index in [0.717, 1.165) is 18.2 Å². The zero-order chi connectivity index (χ0) is 23.3. The number of aromatic nitrogens is 1. The monoisotopic (exact) mass is 505 g/mol. The van der Waals surface area contributed by atoms with Crippen LogP contribution in [0.15, 0.2) is 24.5 Å². The van der Waals surface area contributed by atoms with E-state index in [9.17, 15) is 0 Å². The van der Waals surface area contributed by atoms with E-state index in [4.69, 9.17) is 21.2 Å². The Morgan fingerprint density at radius 2 is 1.10 bits per heavy atom. The van der Waals surface area contributed by atoms with E-state index in [1.807, 2.05) is 12.1 Å². The van der Waals surface area contributed by atoms with Gasteiger partial charge in [-0.2, -0.15) is 0 Å². The zero-order valence-corrected chi connectivity index (χ0v) is 25.9. The molecule has 0 aromatic carbocycles. The molecule has 0 aliphatic carbocycles. The summed E-state index contributed by atoms with van der Waals surface area (Å²) in [5.41, 5.74) is 0. The van der Waals surface area contributed by atoms with Crippen molar-refractivity contribution >= 4 is 42.3 Å². The van der Waals surface area contributed by atoms with E-state index in [0.29, 0.717) is 6.61 Å². The Morgan fingerprint density at radius 1 is 0.667 bits per heavy atom. The third kappa shape index (κ3) is 12.7. The van der Waals surface area contributed by atoms with Gasteiger partial charge in [0.05, 0.1) is 6.61 Å². The van der Waals surface area contributed by atoms with E-state index in [2.05, 4.69) is 77.0 Å². The van der Waals surface area contributed by atoms with Gasteiger partial charge in [-0.05, 0) is 96.6 Å². The number of rotatable bonds is 13. The number of hydrogen-bond acceptors (Lipinski definition) is 6. The van der Waals surface area contributed by atoms with Gasteiger partial charge in [0.2, 0.25) is 0 Å². The molecular weight excluding hydrogens is 463 g/mol. The minimum atomic E-state index is -2.53. The second-order valence-corrected chi connectivity index (χ2v) is 30.8. The van der Waals surface area contributed by atoms with E-state index in [1.54, 1.807) is 12.4 Å². The molecule has 1 heterocycles. The first-order chi connectivity index (χ1) is 13.4. The Bertz CT molecular complexity index is 617. The number of hydrogen-bond donors (Lipinski definition) is 0. The summed E-state index contributed by atoms with van der Waals surface area (Å²) >= 11 is 0. The first-order valence-electron chi connectivity index (χ1n) is 10.7. The molecule has 6 nitrogen and oxygen atoms in total. The molecule has 0 spiro atoms. The van der Waals surface area contributed by atoms with Crippen molar-refractivity contribution in [2.24, 2.45) is 0 Å². The van der Waals surface area contributed by atoms with Crippen molar-refractivity contribution < 1.29 is 21.2 Å². The lowest BCUT2D eigenvalue weighted by Gasteiger charge is -2.43. The van der Waals surface area contributed by atoms with Gasteiger partial charge in [0.25, 0.3) is 0 Å². The van der Waals surface area contributed by atoms with E-state index in [1.165, 1.54) is 0 Å². The topological polar surface area (TPSA) is 59.0 Å². The minimum absolute atomic E-state index is 0.618. The van der Waals surface area contributed by atoms with Crippen molar-refractivity contribution in [3.8, 4) is 5.75 Å². The Morgan fingerprint density at radius 3 is 1.50 bits per heavy atom. The van der Waals surface area contributed by atoms with Crippen LogP contribution < -0.4 is 4.74 Å². The summed E-state index contributed by atoms with van der Waals surface area (Å²) in [5, 5.41) is 0. The number of ether oxygens (including phenoxy) is 1. The van der Waals surface area contributed by atoms with Crippen molar-refractivity contribution in [2.45, 2.75) is 84.5 Å². The fraction of sp³-hybridized carbons (Fsp3) is 0.737. The molecule has 0 aliphatic rings. The summed E-state index contributed by atoms with van der Waals surface area (Å²) in [6.07, 6.45) is 4.34. The zero-order valence-electron chi connectivity index (χ0n) is 20.9. The molecule has 0 amide bonds. The fourth-order valence-electron chi connectivity index (χ4n) is 3.70. The van der Waals surface area contributed by atoms with Gasteiger partial charge >= 0.3 is 25.7 Å². The normalized spacial score (nSPS) is 14.1. The van der Waals surface area contributed by atoms with Gasteiger partial charge in [-0.25, -0.2) is 0 Å². The lowest BCUT2D eigenvalue weighted by atomic mass is 10.4. The summed E-state index contributed by atoms with van der Waals surface area (Å²) < 4.78 is 32.4. The average molecular weight is 506 g/mol. The van der Waals surface area contributed by atoms with Crippen LogP contribution in [0, 0.1) is 0 Å². The lowest BCUT2D eigenvalue weighted by Crippen LogP contribution is -2.59. The van der Waals surface area contributed by atoms with Crippen LogP contribution in [0.2, 0.25) is 78.1 Å². The van der Waals surface area contributed by atoms with Crippen LogP contribution in [-0.4, -0.2) is 53.9 Å². The highest BCUT2D eigenvalue weighted by Crippen LogP contribution is 2.29. The Hall–Kier alpha value is -0.126. The Kier molecular flexibility index (Phi) is 9.92. The molecule has 0 saturated heterocycles. The van der Waals surface area contributed by atoms with Gasteiger partial charge in [-0.15, -0.1) is 0 Å². The summed E-state index contributed by atoms with van der Waals surface area (Å²) in [4.78, 5) is 4.03. The van der Waals surface area contributed by atoms with E-state index in [-0.39, 0.29) is 0 Å². The SMILES string of the molecule is C[Si](C)(C)O[Si](C)(C)O[Si](C)(CCCOc1ccncc1)O[Si](C)(C)O[Si](C)(C)C. The van der Waals surface area contributed by atoms with Crippen LogP contribution >= 0.6 is 0 Å². The predicted molar refractivity (Wildman–Crippen MR) is 137 cm³/mol. The van der Waals surface area contributed by atoms with E-state index >= 15 is 0 Å². The molecule has 1 aromatic heterocycles. The van der Waals surface area contributed by atoms with Crippen LogP contribution in [0.3, 0.4) is 0 Å². The average Bonchev–Trinajstić information content (AvgIpc) is 2.46. The van der Waals surface area contributed by atoms with Crippen LogP contribution in [0.5, 0.6) is 5.75 Å². The summed E-state index contributed by atoms with van der Waals surface area (Å²) in [6, 6.07) is 4.59. The fourth-order valence-corrected chi connectivity index (χ4v) is 27.0.